The second kappa shape index (κ2) is 9.37. The molecule has 0 aliphatic heterocycles. The van der Waals surface area contributed by atoms with Gasteiger partial charge in [0.15, 0.2) is 0 Å². The number of amides is 1. The number of aryl methyl sites for hydroxylation is 1. The summed E-state index contributed by atoms with van der Waals surface area (Å²) in [5.74, 6) is 1.20. The van der Waals surface area contributed by atoms with Crippen LogP contribution in [0.1, 0.15) is 27.0 Å². The molecule has 0 aromatic heterocycles. The fourth-order valence-corrected chi connectivity index (χ4v) is 2.56. The van der Waals surface area contributed by atoms with E-state index in [2.05, 4.69) is 29.6 Å². The molecule has 0 spiro atoms. The summed E-state index contributed by atoms with van der Waals surface area (Å²) >= 11 is 0. The van der Waals surface area contributed by atoms with E-state index in [0.717, 1.165) is 16.9 Å². The zero-order chi connectivity index (χ0) is 19.8. The van der Waals surface area contributed by atoms with Crippen LogP contribution in [-0.2, 0) is 6.61 Å². The normalized spacial score (nSPS) is 10.6. The molecule has 0 aliphatic rings. The lowest BCUT2D eigenvalue weighted by Gasteiger charge is -2.08. The van der Waals surface area contributed by atoms with Crippen molar-refractivity contribution >= 4 is 12.1 Å². The highest BCUT2D eigenvalue weighted by atomic mass is 16.5. The third kappa shape index (κ3) is 5.20. The van der Waals surface area contributed by atoms with Gasteiger partial charge in [-0.05, 0) is 72.1 Å². The van der Waals surface area contributed by atoms with Crippen molar-refractivity contribution < 1.29 is 14.3 Å². The van der Waals surface area contributed by atoms with Gasteiger partial charge in [-0.1, -0.05) is 24.3 Å². The number of hydrazone groups is 1. The first kappa shape index (κ1) is 19.2. The highest BCUT2D eigenvalue weighted by molar-refractivity contribution is 5.95. The molecule has 142 valence electrons. The van der Waals surface area contributed by atoms with Crippen LogP contribution >= 0.6 is 0 Å². The van der Waals surface area contributed by atoms with E-state index >= 15 is 0 Å². The van der Waals surface area contributed by atoms with E-state index in [9.17, 15) is 4.79 Å². The number of carbonyl (C=O) groups is 1. The Labute approximate surface area is 164 Å². The maximum absolute atomic E-state index is 12.1. The van der Waals surface area contributed by atoms with Crippen molar-refractivity contribution in [2.45, 2.75) is 13.5 Å². The second-order valence-corrected chi connectivity index (χ2v) is 6.21. The molecular weight excluding hydrogens is 352 g/mol. The number of nitrogens with one attached hydrogen (secondary N) is 1. The molecule has 0 radical (unpaired) electrons. The minimum absolute atomic E-state index is 0.280. The number of methoxy groups -OCH3 is 1. The second-order valence-electron chi connectivity index (χ2n) is 6.21. The number of hydrogen-bond acceptors (Lipinski definition) is 4. The van der Waals surface area contributed by atoms with E-state index in [-0.39, 0.29) is 5.91 Å². The van der Waals surface area contributed by atoms with Crippen molar-refractivity contribution in [1.29, 1.82) is 0 Å². The topological polar surface area (TPSA) is 59.9 Å². The molecule has 5 nitrogen and oxygen atoms in total. The highest BCUT2D eigenvalue weighted by Crippen LogP contribution is 2.15. The number of hydrogen-bond donors (Lipinski definition) is 1. The van der Waals surface area contributed by atoms with Gasteiger partial charge in [0.25, 0.3) is 5.91 Å². The van der Waals surface area contributed by atoms with Crippen molar-refractivity contribution in [3.8, 4) is 11.5 Å². The molecule has 1 amide bonds. The Morgan fingerprint density at radius 2 is 1.64 bits per heavy atom. The van der Waals surface area contributed by atoms with Crippen LogP contribution in [0.4, 0.5) is 0 Å². The summed E-state index contributed by atoms with van der Waals surface area (Å²) in [5, 5.41) is 4.00. The van der Waals surface area contributed by atoms with Crippen LogP contribution in [0.3, 0.4) is 0 Å². The Balaban J connectivity index is 1.51. The summed E-state index contributed by atoms with van der Waals surface area (Å²) in [7, 11) is 1.58. The van der Waals surface area contributed by atoms with Gasteiger partial charge in [0.2, 0.25) is 0 Å². The Kier molecular flexibility index (Phi) is 6.41. The van der Waals surface area contributed by atoms with Crippen LogP contribution in [0.15, 0.2) is 77.9 Å². The molecule has 0 saturated carbocycles. The smallest absolute Gasteiger partial charge is 0.271 e. The molecule has 0 fully saturated rings. The zero-order valence-corrected chi connectivity index (χ0v) is 15.9. The van der Waals surface area contributed by atoms with E-state index in [1.165, 1.54) is 5.56 Å². The van der Waals surface area contributed by atoms with Gasteiger partial charge < -0.3 is 9.47 Å². The van der Waals surface area contributed by atoms with E-state index in [1.54, 1.807) is 37.6 Å². The summed E-state index contributed by atoms with van der Waals surface area (Å²) < 4.78 is 10.9. The monoisotopic (exact) mass is 374 g/mol. The van der Waals surface area contributed by atoms with Gasteiger partial charge >= 0.3 is 0 Å². The van der Waals surface area contributed by atoms with Gasteiger partial charge in [-0.25, -0.2) is 5.43 Å². The molecule has 0 aliphatic carbocycles. The molecule has 0 unspecified atom stereocenters. The van der Waals surface area contributed by atoms with E-state index in [0.29, 0.717) is 17.9 Å². The zero-order valence-electron chi connectivity index (χ0n) is 15.9. The molecular formula is C23H22N2O3. The average Bonchev–Trinajstić information content (AvgIpc) is 2.74. The van der Waals surface area contributed by atoms with Gasteiger partial charge in [-0.2, -0.15) is 5.10 Å². The predicted octanol–water partition coefficient (Wildman–Crippen LogP) is 4.35. The maximum Gasteiger partial charge on any atom is 0.271 e. The molecule has 28 heavy (non-hydrogen) atoms. The van der Waals surface area contributed by atoms with Crippen LogP contribution in [0.5, 0.6) is 11.5 Å². The molecule has 0 saturated heterocycles. The van der Waals surface area contributed by atoms with E-state index in [1.807, 2.05) is 36.4 Å². The Morgan fingerprint density at radius 3 is 2.32 bits per heavy atom. The summed E-state index contributed by atoms with van der Waals surface area (Å²) in [4.78, 5) is 12.1. The lowest BCUT2D eigenvalue weighted by atomic mass is 10.1. The van der Waals surface area contributed by atoms with E-state index in [4.69, 9.17) is 9.47 Å². The largest absolute Gasteiger partial charge is 0.497 e. The van der Waals surface area contributed by atoms with Gasteiger partial charge in [-0.3, -0.25) is 4.79 Å². The maximum atomic E-state index is 12.1. The third-order valence-corrected chi connectivity index (χ3v) is 4.27. The predicted molar refractivity (Wildman–Crippen MR) is 110 cm³/mol. The van der Waals surface area contributed by atoms with Crippen molar-refractivity contribution in [3.63, 3.8) is 0 Å². The molecule has 1 N–H and O–H groups in total. The number of benzene rings is 3. The lowest BCUT2D eigenvalue weighted by Crippen LogP contribution is -2.17. The lowest BCUT2D eigenvalue weighted by molar-refractivity contribution is 0.0955. The van der Waals surface area contributed by atoms with Crippen molar-refractivity contribution in [3.05, 3.63) is 95.1 Å². The fourth-order valence-electron chi connectivity index (χ4n) is 2.56. The van der Waals surface area contributed by atoms with Crippen molar-refractivity contribution in [2.75, 3.05) is 7.11 Å². The van der Waals surface area contributed by atoms with Crippen molar-refractivity contribution in [1.82, 2.24) is 5.43 Å². The molecule has 0 bridgehead atoms. The SMILES string of the molecule is COc1ccc(C(=O)N/N=C\c2ccc(OCc3ccccc3C)cc2)cc1. The molecule has 3 rings (SSSR count). The Bertz CT molecular complexity index is 948. The van der Waals surface area contributed by atoms with Crippen LogP contribution in [0, 0.1) is 6.92 Å². The molecule has 0 heterocycles. The first-order chi connectivity index (χ1) is 13.7. The van der Waals surface area contributed by atoms with Gasteiger partial charge in [0, 0.05) is 5.56 Å². The molecule has 3 aromatic rings. The summed E-state index contributed by atoms with van der Waals surface area (Å²) in [6.45, 7) is 2.59. The first-order valence-corrected chi connectivity index (χ1v) is 8.90. The van der Waals surface area contributed by atoms with Gasteiger partial charge in [-0.15, -0.1) is 0 Å². The van der Waals surface area contributed by atoms with Crippen LogP contribution in [0.25, 0.3) is 0 Å². The summed E-state index contributed by atoms with van der Waals surface area (Å²) in [6.07, 6.45) is 1.59. The van der Waals surface area contributed by atoms with Crippen LogP contribution < -0.4 is 14.9 Å². The Morgan fingerprint density at radius 1 is 0.964 bits per heavy atom. The van der Waals surface area contributed by atoms with Crippen LogP contribution in [0.2, 0.25) is 0 Å². The quantitative estimate of drug-likeness (QED) is 0.494. The summed E-state index contributed by atoms with van der Waals surface area (Å²) in [6, 6.07) is 22.5. The van der Waals surface area contributed by atoms with Crippen LogP contribution in [-0.4, -0.2) is 19.2 Å². The fraction of sp³-hybridized carbons (Fsp3) is 0.130. The van der Waals surface area contributed by atoms with E-state index < -0.39 is 0 Å². The number of rotatable bonds is 7. The third-order valence-electron chi connectivity index (χ3n) is 4.27. The molecule has 5 heteroatoms. The first-order valence-electron chi connectivity index (χ1n) is 8.90. The number of nitrogens with zero attached hydrogens (tertiary/aromatic N) is 1. The standard InChI is InChI=1S/C23H22N2O3/c1-17-5-3-4-6-20(17)16-28-22-11-7-18(8-12-22)15-24-25-23(26)19-9-13-21(27-2)14-10-19/h3-15H,16H2,1-2H3,(H,25,26)/b24-15-. The summed E-state index contributed by atoms with van der Waals surface area (Å²) in [5.41, 5.74) is 6.25. The molecule has 3 aromatic carbocycles. The number of ether oxygens (including phenoxy) is 2. The average molecular weight is 374 g/mol. The minimum atomic E-state index is -0.280. The highest BCUT2D eigenvalue weighted by Gasteiger charge is 2.04. The van der Waals surface area contributed by atoms with Gasteiger partial charge in [0.1, 0.15) is 18.1 Å². The minimum Gasteiger partial charge on any atom is -0.497 e. The van der Waals surface area contributed by atoms with Gasteiger partial charge in [0.05, 0.1) is 13.3 Å². The number of carbonyl (C=O) groups excluding carboxylic acids is 1. The molecule has 0 atom stereocenters. The van der Waals surface area contributed by atoms with Crippen molar-refractivity contribution in [2.24, 2.45) is 5.10 Å². The Hall–Kier alpha value is -3.60.